The average Bonchev–Trinajstić information content (AvgIpc) is 3.02. The second-order valence-electron chi connectivity index (χ2n) is 10.1. The van der Waals surface area contributed by atoms with Gasteiger partial charge in [0, 0.05) is 25.9 Å². The molecule has 1 fully saturated rings. The highest BCUT2D eigenvalue weighted by molar-refractivity contribution is 6.24. The zero-order valence-electron chi connectivity index (χ0n) is 20.7. The molecule has 1 aromatic carbocycles. The molecule has 1 N–H and O–H groups in total. The Morgan fingerprint density at radius 1 is 1.03 bits per heavy atom. The third kappa shape index (κ3) is 7.05. The fourth-order valence-corrected chi connectivity index (χ4v) is 4.35. The van der Waals surface area contributed by atoms with Gasteiger partial charge in [0.25, 0.3) is 11.8 Å². The van der Waals surface area contributed by atoms with Crippen LogP contribution in [-0.2, 0) is 30.3 Å². The summed E-state index contributed by atoms with van der Waals surface area (Å²) in [7, 11) is 0. The van der Waals surface area contributed by atoms with Crippen LogP contribution in [0.5, 0.6) is 0 Å². The quantitative estimate of drug-likeness (QED) is 0.356. The molecule has 4 amide bonds. The first-order valence-corrected chi connectivity index (χ1v) is 12.1. The number of carbonyl (C=O) groups is 5. The highest BCUT2D eigenvalue weighted by atomic mass is 16.5. The Bertz CT molecular complexity index is 996. The SMILES string of the molecule is CC(C)(C)CC(=O)CCOCCOCCCc1cccc2c1C(=O)N(C1CCC(=O)NC1=O)C2=O. The predicted octanol–water partition coefficient (Wildman–Crippen LogP) is 2.45. The Labute approximate surface area is 205 Å². The van der Waals surface area contributed by atoms with Crippen LogP contribution in [0, 0.1) is 5.41 Å². The van der Waals surface area contributed by atoms with E-state index in [-0.39, 0.29) is 29.6 Å². The number of nitrogens with one attached hydrogen (secondary N) is 1. The zero-order valence-corrected chi connectivity index (χ0v) is 20.7. The summed E-state index contributed by atoms with van der Waals surface area (Å²) >= 11 is 0. The molecule has 1 atom stereocenters. The number of aryl methyl sites for hydroxylation is 1. The van der Waals surface area contributed by atoms with Gasteiger partial charge in [0.05, 0.1) is 30.9 Å². The number of carbonyl (C=O) groups excluding carboxylic acids is 5. The van der Waals surface area contributed by atoms with E-state index >= 15 is 0 Å². The summed E-state index contributed by atoms with van der Waals surface area (Å²) < 4.78 is 11.1. The maximum absolute atomic E-state index is 13.1. The maximum atomic E-state index is 13.1. The average molecular weight is 487 g/mol. The van der Waals surface area contributed by atoms with Gasteiger partial charge in [-0.05, 0) is 36.3 Å². The van der Waals surface area contributed by atoms with Gasteiger partial charge in [0.2, 0.25) is 11.8 Å². The largest absolute Gasteiger partial charge is 0.379 e. The maximum Gasteiger partial charge on any atom is 0.262 e. The third-order valence-corrected chi connectivity index (χ3v) is 5.91. The molecule has 2 aliphatic heterocycles. The van der Waals surface area contributed by atoms with Crippen molar-refractivity contribution in [2.24, 2.45) is 5.41 Å². The minimum atomic E-state index is -0.972. The molecule has 9 heteroatoms. The Hall–Kier alpha value is -2.91. The van der Waals surface area contributed by atoms with Crippen molar-refractivity contribution in [3.63, 3.8) is 0 Å². The van der Waals surface area contributed by atoms with Crippen molar-refractivity contribution in [3.8, 4) is 0 Å². The number of piperidine rings is 1. The van der Waals surface area contributed by atoms with E-state index in [1.807, 2.05) is 20.8 Å². The molecule has 1 unspecified atom stereocenters. The second-order valence-corrected chi connectivity index (χ2v) is 10.1. The van der Waals surface area contributed by atoms with Gasteiger partial charge in [-0.3, -0.25) is 34.2 Å². The van der Waals surface area contributed by atoms with Crippen LogP contribution >= 0.6 is 0 Å². The van der Waals surface area contributed by atoms with Crippen LogP contribution in [0.4, 0.5) is 0 Å². The van der Waals surface area contributed by atoms with Crippen molar-refractivity contribution in [1.29, 1.82) is 0 Å². The number of hydrogen-bond acceptors (Lipinski definition) is 7. The van der Waals surface area contributed by atoms with Gasteiger partial charge in [-0.1, -0.05) is 32.9 Å². The standard InChI is InChI=1S/C26H34N2O7/c1-26(2,3)16-18(29)11-13-35-15-14-34-12-5-7-17-6-4-8-19-22(17)25(33)28(24(19)32)20-9-10-21(30)27-23(20)31/h4,6,8,20H,5,7,9-16H2,1-3H3,(H,27,30,31). The topological polar surface area (TPSA) is 119 Å². The van der Waals surface area contributed by atoms with E-state index in [9.17, 15) is 24.0 Å². The zero-order chi connectivity index (χ0) is 25.6. The number of nitrogens with zero attached hydrogens (tertiary/aromatic N) is 1. The Balaban J connectivity index is 1.42. The fourth-order valence-electron chi connectivity index (χ4n) is 4.35. The van der Waals surface area contributed by atoms with Crippen LogP contribution in [0.2, 0.25) is 0 Å². The predicted molar refractivity (Wildman–Crippen MR) is 127 cm³/mol. The molecule has 1 aromatic rings. The minimum Gasteiger partial charge on any atom is -0.379 e. The van der Waals surface area contributed by atoms with Crippen LogP contribution in [-0.4, -0.2) is 66.8 Å². The summed E-state index contributed by atoms with van der Waals surface area (Å²) in [6, 6.07) is 4.14. The lowest BCUT2D eigenvalue weighted by Gasteiger charge is -2.27. The summed E-state index contributed by atoms with van der Waals surface area (Å²) in [4.78, 5) is 62.4. The summed E-state index contributed by atoms with van der Waals surface area (Å²) in [6.07, 6.45) is 2.33. The molecule has 35 heavy (non-hydrogen) atoms. The molecule has 0 aromatic heterocycles. The van der Waals surface area contributed by atoms with Gasteiger partial charge >= 0.3 is 0 Å². The summed E-state index contributed by atoms with van der Waals surface area (Å²) in [5.41, 5.74) is 1.33. The molecule has 0 bridgehead atoms. The Morgan fingerprint density at radius 3 is 2.43 bits per heavy atom. The number of rotatable bonds is 12. The fraction of sp³-hybridized carbons (Fsp3) is 0.577. The van der Waals surface area contributed by atoms with Gasteiger partial charge in [-0.15, -0.1) is 0 Å². The molecule has 0 radical (unpaired) electrons. The lowest BCUT2D eigenvalue weighted by molar-refractivity contribution is -0.136. The van der Waals surface area contributed by atoms with Crippen molar-refractivity contribution in [2.75, 3.05) is 26.4 Å². The normalized spacial score (nSPS) is 18.1. The first kappa shape index (κ1) is 26.7. The first-order valence-electron chi connectivity index (χ1n) is 12.1. The van der Waals surface area contributed by atoms with E-state index in [0.29, 0.717) is 57.7 Å². The van der Waals surface area contributed by atoms with Crippen molar-refractivity contribution in [3.05, 3.63) is 34.9 Å². The van der Waals surface area contributed by atoms with Crippen molar-refractivity contribution in [1.82, 2.24) is 10.2 Å². The molecule has 1 saturated heterocycles. The number of fused-ring (bicyclic) bond motifs is 1. The van der Waals surface area contributed by atoms with Crippen molar-refractivity contribution >= 4 is 29.4 Å². The number of benzene rings is 1. The molecule has 0 saturated carbocycles. The number of amides is 4. The summed E-state index contributed by atoms with van der Waals surface area (Å²) in [5, 5.41) is 2.20. The van der Waals surface area contributed by atoms with Gasteiger partial charge in [-0.2, -0.15) is 0 Å². The third-order valence-electron chi connectivity index (χ3n) is 5.91. The van der Waals surface area contributed by atoms with E-state index in [4.69, 9.17) is 9.47 Å². The van der Waals surface area contributed by atoms with E-state index in [1.165, 1.54) is 0 Å². The Kier molecular flexibility index (Phi) is 8.91. The van der Waals surface area contributed by atoms with E-state index in [0.717, 1.165) is 10.5 Å². The van der Waals surface area contributed by atoms with Gasteiger partial charge in [0.1, 0.15) is 11.8 Å². The van der Waals surface area contributed by atoms with Crippen molar-refractivity contribution in [2.45, 2.75) is 65.3 Å². The van der Waals surface area contributed by atoms with Crippen LogP contribution in [0.3, 0.4) is 0 Å². The number of ether oxygens (including phenoxy) is 2. The first-order chi connectivity index (χ1) is 16.6. The van der Waals surface area contributed by atoms with Gasteiger partial charge in [-0.25, -0.2) is 0 Å². The molecule has 2 heterocycles. The van der Waals surface area contributed by atoms with Crippen molar-refractivity contribution < 1.29 is 33.4 Å². The number of imide groups is 2. The number of hydrogen-bond donors (Lipinski definition) is 1. The van der Waals surface area contributed by atoms with E-state index < -0.39 is 29.7 Å². The second kappa shape index (κ2) is 11.7. The summed E-state index contributed by atoms with van der Waals surface area (Å²) in [6.45, 7) is 7.74. The molecule has 0 aliphatic carbocycles. The van der Waals surface area contributed by atoms with Crippen LogP contribution < -0.4 is 5.32 Å². The molecular weight excluding hydrogens is 452 g/mol. The van der Waals surface area contributed by atoms with Gasteiger partial charge in [0.15, 0.2) is 0 Å². The van der Waals surface area contributed by atoms with E-state index in [2.05, 4.69) is 5.32 Å². The van der Waals surface area contributed by atoms with E-state index in [1.54, 1.807) is 18.2 Å². The molecular formula is C26H34N2O7. The van der Waals surface area contributed by atoms with Crippen LogP contribution in [0.25, 0.3) is 0 Å². The highest BCUT2D eigenvalue weighted by Crippen LogP contribution is 2.30. The molecule has 0 spiro atoms. The smallest absolute Gasteiger partial charge is 0.262 e. The molecule has 2 aliphatic rings. The van der Waals surface area contributed by atoms with Crippen LogP contribution in [0.15, 0.2) is 18.2 Å². The number of ketones is 1. The van der Waals surface area contributed by atoms with Gasteiger partial charge < -0.3 is 9.47 Å². The molecule has 9 nitrogen and oxygen atoms in total. The molecule has 3 rings (SSSR count). The molecule has 190 valence electrons. The lowest BCUT2D eigenvalue weighted by atomic mass is 9.89. The number of Topliss-reactive ketones (excluding diaryl/α,β-unsaturated/α-hetero) is 1. The monoisotopic (exact) mass is 486 g/mol. The summed E-state index contributed by atoms with van der Waals surface area (Å²) in [5.74, 6) is -1.83. The van der Waals surface area contributed by atoms with Crippen LogP contribution in [0.1, 0.15) is 79.2 Å². The Morgan fingerprint density at radius 2 is 1.74 bits per heavy atom. The lowest BCUT2D eigenvalue weighted by Crippen LogP contribution is -2.54. The minimum absolute atomic E-state index is 0.0137. The highest BCUT2D eigenvalue weighted by Gasteiger charge is 2.45.